The minimum atomic E-state index is -0.337. The molecule has 1 saturated heterocycles. The standard InChI is InChI=1S/C22H21BO2S/c1-21(2)22(3,4)25-23(24-21)18-10-7-9-16-14(18)12-13-17-15-8-5-6-11-19(15)26-20(16)17/h5-13H,1-4H3. The van der Waals surface area contributed by atoms with Gasteiger partial charge in [0.05, 0.1) is 11.2 Å². The van der Waals surface area contributed by atoms with Gasteiger partial charge in [0.1, 0.15) is 0 Å². The lowest BCUT2D eigenvalue weighted by Gasteiger charge is -2.32. The van der Waals surface area contributed by atoms with Crippen LogP contribution in [-0.4, -0.2) is 18.3 Å². The third-order valence-corrected chi connectivity index (χ3v) is 7.16. The molecule has 2 nitrogen and oxygen atoms in total. The maximum atomic E-state index is 6.31. The summed E-state index contributed by atoms with van der Waals surface area (Å²) in [7, 11) is -0.337. The molecule has 0 radical (unpaired) electrons. The van der Waals surface area contributed by atoms with Gasteiger partial charge in [0.2, 0.25) is 0 Å². The summed E-state index contributed by atoms with van der Waals surface area (Å²) >= 11 is 1.86. The predicted octanol–water partition coefficient (Wildman–Crippen LogP) is 5.51. The number of thiophene rings is 1. The molecule has 1 aromatic heterocycles. The molecular formula is C22H21BO2S. The van der Waals surface area contributed by atoms with Crippen LogP contribution in [0.5, 0.6) is 0 Å². The summed E-state index contributed by atoms with van der Waals surface area (Å²) in [5.74, 6) is 0. The summed E-state index contributed by atoms with van der Waals surface area (Å²) in [5.41, 5.74) is 0.448. The molecular weight excluding hydrogens is 339 g/mol. The van der Waals surface area contributed by atoms with Crippen LogP contribution in [-0.2, 0) is 9.31 Å². The highest BCUT2D eigenvalue weighted by Crippen LogP contribution is 2.40. The van der Waals surface area contributed by atoms with Gasteiger partial charge in [0.25, 0.3) is 0 Å². The van der Waals surface area contributed by atoms with Crippen molar-refractivity contribution in [2.45, 2.75) is 38.9 Å². The summed E-state index contributed by atoms with van der Waals surface area (Å²) < 4.78 is 15.3. The van der Waals surface area contributed by atoms with Crippen molar-refractivity contribution in [3.8, 4) is 0 Å². The van der Waals surface area contributed by atoms with E-state index in [0.717, 1.165) is 5.46 Å². The van der Waals surface area contributed by atoms with Crippen molar-refractivity contribution in [2.75, 3.05) is 0 Å². The van der Waals surface area contributed by atoms with Crippen molar-refractivity contribution < 1.29 is 9.31 Å². The number of benzene rings is 3. The van der Waals surface area contributed by atoms with E-state index in [1.54, 1.807) is 0 Å². The first-order valence-corrected chi connectivity index (χ1v) is 9.88. The quantitative estimate of drug-likeness (QED) is 0.417. The Labute approximate surface area is 157 Å². The second kappa shape index (κ2) is 5.32. The topological polar surface area (TPSA) is 18.5 Å². The maximum Gasteiger partial charge on any atom is 0.495 e. The lowest BCUT2D eigenvalue weighted by atomic mass is 9.76. The Morgan fingerprint density at radius 1 is 0.692 bits per heavy atom. The monoisotopic (exact) mass is 360 g/mol. The molecule has 2 heterocycles. The molecule has 5 rings (SSSR count). The van der Waals surface area contributed by atoms with E-state index < -0.39 is 0 Å². The zero-order valence-electron chi connectivity index (χ0n) is 15.5. The smallest absolute Gasteiger partial charge is 0.399 e. The number of hydrogen-bond acceptors (Lipinski definition) is 3. The van der Waals surface area contributed by atoms with Crippen LogP contribution in [0.25, 0.3) is 30.9 Å². The normalized spacial score (nSPS) is 19.0. The van der Waals surface area contributed by atoms with Crippen LogP contribution in [0.2, 0.25) is 0 Å². The number of fused-ring (bicyclic) bond motifs is 5. The van der Waals surface area contributed by atoms with Crippen molar-refractivity contribution in [3.05, 3.63) is 54.6 Å². The molecule has 0 bridgehead atoms. The van der Waals surface area contributed by atoms with E-state index in [0.29, 0.717) is 0 Å². The van der Waals surface area contributed by atoms with Gasteiger partial charge in [-0.3, -0.25) is 0 Å². The SMILES string of the molecule is CC1(C)OB(c2cccc3c2ccc2c4ccccc4sc32)OC1(C)C. The molecule has 0 saturated carbocycles. The second-order valence-electron chi connectivity index (χ2n) is 8.07. The van der Waals surface area contributed by atoms with Crippen LogP contribution in [0, 0.1) is 0 Å². The van der Waals surface area contributed by atoms with Gasteiger partial charge in [0.15, 0.2) is 0 Å². The van der Waals surface area contributed by atoms with Crippen LogP contribution in [0.1, 0.15) is 27.7 Å². The lowest BCUT2D eigenvalue weighted by molar-refractivity contribution is 0.00578. The number of hydrogen-bond donors (Lipinski definition) is 0. The molecule has 130 valence electrons. The Bertz CT molecular complexity index is 1140. The van der Waals surface area contributed by atoms with E-state index in [-0.39, 0.29) is 18.3 Å². The highest BCUT2D eigenvalue weighted by Gasteiger charge is 2.52. The van der Waals surface area contributed by atoms with Gasteiger partial charge in [-0.15, -0.1) is 11.3 Å². The number of rotatable bonds is 1. The highest BCUT2D eigenvalue weighted by atomic mass is 32.1. The fraction of sp³-hybridized carbons (Fsp3) is 0.273. The molecule has 4 aromatic rings. The second-order valence-corrected chi connectivity index (χ2v) is 9.12. The molecule has 0 spiro atoms. The molecule has 4 heteroatoms. The van der Waals surface area contributed by atoms with Gasteiger partial charge in [0, 0.05) is 20.2 Å². The largest absolute Gasteiger partial charge is 0.495 e. The molecule has 1 aliphatic heterocycles. The van der Waals surface area contributed by atoms with Crippen molar-refractivity contribution in [3.63, 3.8) is 0 Å². The minimum absolute atomic E-state index is 0.332. The van der Waals surface area contributed by atoms with Crippen molar-refractivity contribution in [2.24, 2.45) is 0 Å². The zero-order valence-corrected chi connectivity index (χ0v) is 16.3. The Balaban J connectivity index is 1.74. The fourth-order valence-corrected chi connectivity index (χ4v) is 4.97. The van der Waals surface area contributed by atoms with Gasteiger partial charge >= 0.3 is 7.12 Å². The maximum absolute atomic E-state index is 6.31. The average molecular weight is 360 g/mol. The Hall–Kier alpha value is -1.88. The molecule has 26 heavy (non-hydrogen) atoms. The Morgan fingerprint density at radius 2 is 1.31 bits per heavy atom. The third kappa shape index (κ3) is 2.19. The van der Waals surface area contributed by atoms with Gasteiger partial charge < -0.3 is 9.31 Å². The molecule has 0 amide bonds. The van der Waals surface area contributed by atoms with Gasteiger partial charge in [-0.25, -0.2) is 0 Å². The Morgan fingerprint density at radius 3 is 2.08 bits per heavy atom. The van der Waals surface area contributed by atoms with Crippen LogP contribution in [0.4, 0.5) is 0 Å². The molecule has 0 N–H and O–H groups in total. The van der Waals surface area contributed by atoms with E-state index in [1.165, 1.54) is 30.9 Å². The first-order valence-electron chi connectivity index (χ1n) is 9.06. The van der Waals surface area contributed by atoms with Crippen molar-refractivity contribution in [1.29, 1.82) is 0 Å². The molecule has 0 atom stereocenters. The van der Waals surface area contributed by atoms with E-state index in [9.17, 15) is 0 Å². The first-order chi connectivity index (χ1) is 12.4. The predicted molar refractivity (Wildman–Crippen MR) is 113 cm³/mol. The van der Waals surface area contributed by atoms with Gasteiger partial charge in [-0.05, 0) is 50.0 Å². The molecule has 3 aromatic carbocycles. The fourth-order valence-electron chi connectivity index (χ4n) is 3.74. The van der Waals surface area contributed by atoms with Gasteiger partial charge in [-0.2, -0.15) is 0 Å². The van der Waals surface area contributed by atoms with E-state index in [1.807, 2.05) is 11.3 Å². The third-order valence-electron chi connectivity index (χ3n) is 5.94. The van der Waals surface area contributed by atoms with E-state index >= 15 is 0 Å². The molecule has 1 aliphatic rings. The minimum Gasteiger partial charge on any atom is -0.399 e. The van der Waals surface area contributed by atoms with E-state index in [2.05, 4.69) is 82.3 Å². The summed E-state index contributed by atoms with van der Waals surface area (Å²) in [6.45, 7) is 8.40. The highest BCUT2D eigenvalue weighted by molar-refractivity contribution is 7.26. The van der Waals surface area contributed by atoms with Crippen LogP contribution < -0.4 is 5.46 Å². The van der Waals surface area contributed by atoms with E-state index in [4.69, 9.17) is 9.31 Å². The van der Waals surface area contributed by atoms with Crippen molar-refractivity contribution >= 4 is 54.9 Å². The summed E-state index contributed by atoms with van der Waals surface area (Å²) in [4.78, 5) is 0. The average Bonchev–Trinajstić information content (AvgIpc) is 3.08. The van der Waals surface area contributed by atoms with Crippen LogP contribution in [0.15, 0.2) is 54.6 Å². The lowest BCUT2D eigenvalue weighted by Crippen LogP contribution is -2.41. The molecule has 0 unspecified atom stereocenters. The summed E-state index contributed by atoms with van der Waals surface area (Å²) in [6.07, 6.45) is 0. The first kappa shape index (κ1) is 16.3. The summed E-state index contributed by atoms with van der Waals surface area (Å²) in [5, 5.41) is 5.14. The molecule has 0 aliphatic carbocycles. The van der Waals surface area contributed by atoms with Crippen molar-refractivity contribution in [1.82, 2.24) is 0 Å². The van der Waals surface area contributed by atoms with Crippen LogP contribution >= 0.6 is 11.3 Å². The zero-order chi connectivity index (χ0) is 18.1. The van der Waals surface area contributed by atoms with Gasteiger partial charge in [-0.1, -0.05) is 48.5 Å². The summed E-state index contributed by atoms with van der Waals surface area (Å²) in [6, 6.07) is 19.5. The molecule has 1 fully saturated rings. The van der Waals surface area contributed by atoms with Crippen LogP contribution in [0.3, 0.4) is 0 Å². The Kier molecular flexibility index (Phi) is 3.34.